The van der Waals surface area contributed by atoms with Gasteiger partial charge in [0.1, 0.15) is 5.75 Å². The molecule has 0 heterocycles. The fourth-order valence-electron chi connectivity index (χ4n) is 0.938. The molecule has 0 saturated heterocycles. The zero-order chi connectivity index (χ0) is 10.0. The van der Waals surface area contributed by atoms with Gasteiger partial charge in [0.05, 0.1) is 17.7 Å². The van der Waals surface area contributed by atoms with Crippen LogP contribution in [0.25, 0.3) is 0 Å². The van der Waals surface area contributed by atoms with Gasteiger partial charge in [0.25, 0.3) is 0 Å². The van der Waals surface area contributed by atoms with E-state index in [0.717, 1.165) is 0 Å². The summed E-state index contributed by atoms with van der Waals surface area (Å²) in [6.07, 6.45) is 0. The number of hydrogen-bond acceptors (Lipinski definition) is 2. The summed E-state index contributed by atoms with van der Waals surface area (Å²) in [5.41, 5.74) is -0.0515. The SMILES string of the molecule is COc1cc(Cl)c(F)c(C(C)=O)c1. The van der Waals surface area contributed by atoms with Gasteiger partial charge < -0.3 is 4.74 Å². The lowest BCUT2D eigenvalue weighted by atomic mass is 10.1. The van der Waals surface area contributed by atoms with Crippen molar-refractivity contribution in [2.45, 2.75) is 6.92 Å². The first-order chi connectivity index (χ1) is 6.06. The van der Waals surface area contributed by atoms with Crippen LogP contribution in [-0.2, 0) is 0 Å². The first-order valence-electron chi connectivity index (χ1n) is 3.60. The second-order valence-corrected chi connectivity index (χ2v) is 2.93. The Hall–Kier alpha value is -1.09. The van der Waals surface area contributed by atoms with Crippen LogP contribution in [0, 0.1) is 5.82 Å². The van der Waals surface area contributed by atoms with Crippen molar-refractivity contribution in [3.05, 3.63) is 28.5 Å². The number of ether oxygens (including phenoxy) is 1. The Labute approximate surface area is 80.3 Å². The Morgan fingerprint density at radius 3 is 2.62 bits per heavy atom. The third kappa shape index (κ3) is 1.98. The number of carbonyl (C=O) groups is 1. The smallest absolute Gasteiger partial charge is 0.162 e. The summed E-state index contributed by atoms with van der Waals surface area (Å²) < 4.78 is 18.0. The van der Waals surface area contributed by atoms with Crippen LogP contribution in [0.15, 0.2) is 12.1 Å². The first-order valence-corrected chi connectivity index (χ1v) is 3.98. The average molecular weight is 203 g/mol. The van der Waals surface area contributed by atoms with Crippen molar-refractivity contribution in [1.29, 1.82) is 0 Å². The molecular formula is C9H8ClFO2. The van der Waals surface area contributed by atoms with E-state index in [0.29, 0.717) is 5.75 Å². The highest BCUT2D eigenvalue weighted by atomic mass is 35.5. The molecule has 0 atom stereocenters. The normalized spacial score (nSPS) is 9.85. The molecule has 0 aliphatic heterocycles. The Morgan fingerprint density at radius 1 is 1.54 bits per heavy atom. The van der Waals surface area contributed by atoms with Crippen LogP contribution in [0.4, 0.5) is 4.39 Å². The van der Waals surface area contributed by atoms with Crippen LogP contribution in [0.2, 0.25) is 5.02 Å². The molecular weight excluding hydrogens is 195 g/mol. The maximum atomic E-state index is 13.2. The number of ketones is 1. The second-order valence-electron chi connectivity index (χ2n) is 2.53. The maximum Gasteiger partial charge on any atom is 0.162 e. The largest absolute Gasteiger partial charge is 0.497 e. The number of hydrogen-bond donors (Lipinski definition) is 0. The van der Waals surface area contributed by atoms with Gasteiger partial charge >= 0.3 is 0 Å². The molecule has 2 nitrogen and oxygen atoms in total. The molecule has 0 bridgehead atoms. The van der Waals surface area contributed by atoms with Gasteiger partial charge in [-0.25, -0.2) is 4.39 Å². The summed E-state index contributed by atoms with van der Waals surface area (Å²) in [5.74, 6) is -0.704. The molecule has 0 aliphatic rings. The monoisotopic (exact) mass is 202 g/mol. The van der Waals surface area contributed by atoms with Crippen molar-refractivity contribution in [3.63, 3.8) is 0 Å². The van der Waals surface area contributed by atoms with Crippen molar-refractivity contribution in [1.82, 2.24) is 0 Å². The number of methoxy groups -OCH3 is 1. The summed E-state index contributed by atoms with van der Waals surface area (Å²) in [5, 5.41) is -0.107. The van der Waals surface area contributed by atoms with Crippen LogP contribution >= 0.6 is 11.6 Å². The summed E-state index contributed by atoms with van der Waals surface area (Å²) in [7, 11) is 1.42. The van der Waals surface area contributed by atoms with E-state index in [1.807, 2.05) is 0 Å². The highest BCUT2D eigenvalue weighted by molar-refractivity contribution is 6.31. The number of rotatable bonds is 2. The van der Waals surface area contributed by atoms with Crippen LogP contribution in [-0.4, -0.2) is 12.9 Å². The molecule has 0 spiro atoms. The highest BCUT2D eigenvalue weighted by Crippen LogP contribution is 2.25. The maximum absolute atomic E-state index is 13.2. The summed E-state index contributed by atoms with van der Waals surface area (Å²) in [4.78, 5) is 10.9. The molecule has 0 aromatic heterocycles. The van der Waals surface area contributed by atoms with Crippen molar-refractivity contribution >= 4 is 17.4 Å². The molecule has 0 radical (unpaired) electrons. The summed E-state index contributed by atoms with van der Waals surface area (Å²) in [6.45, 7) is 1.27. The van der Waals surface area contributed by atoms with Crippen molar-refractivity contribution in [2.75, 3.05) is 7.11 Å². The Morgan fingerprint density at radius 2 is 2.15 bits per heavy atom. The Bertz CT molecular complexity index is 350. The predicted molar refractivity (Wildman–Crippen MR) is 48.0 cm³/mol. The van der Waals surface area contributed by atoms with E-state index >= 15 is 0 Å². The third-order valence-corrected chi connectivity index (χ3v) is 1.89. The number of halogens is 2. The van der Waals surface area contributed by atoms with Gasteiger partial charge in [0.15, 0.2) is 11.6 Å². The van der Waals surface area contributed by atoms with E-state index in [2.05, 4.69) is 0 Å². The molecule has 0 fully saturated rings. The molecule has 0 N–H and O–H groups in total. The molecule has 1 rings (SSSR count). The van der Waals surface area contributed by atoms with E-state index in [9.17, 15) is 9.18 Å². The fourth-order valence-corrected chi connectivity index (χ4v) is 1.15. The van der Waals surface area contributed by atoms with E-state index in [-0.39, 0.29) is 16.4 Å². The van der Waals surface area contributed by atoms with Crippen molar-refractivity contribution < 1.29 is 13.9 Å². The molecule has 0 aliphatic carbocycles. The zero-order valence-corrected chi connectivity index (χ0v) is 7.98. The van der Waals surface area contributed by atoms with E-state index in [4.69, 9.17) is 16.3 Å². The van der Waals surface area contributed by atoms with Crippen molar-refractivity contribution in [3.8, 4) is 5.75 Å². The first kappa shape index (κ1) is 9.99. The summed E-state index contributed by atoms with van der Waals surface area (Å²) in [6, 6.07) is 2.65. The van der Waals surface area contributed by atoms with Gasteiger partial charge in [-0.15, -0.1) is 0 Å². The molecule has 0 amide bonds. The molecule has 4 heteroatoms. The third-order valence-electron chi connectivity index (χ3n) is 1.62. The zero-order valence-electron chi connectivity index (χ0n) is 7.23. The lowest BCUT2D eigenvalue weighted by molar-refractivity contribution is 0.101. The minimum atomic E-state index is -0.699. The number of carbonyl (C=O) groups excluding carboxylic acids is 1. The molecule has 13 heavy (non-hydrogen) atoms. The Balaban J connectivity index is 3.33. The predicted octanol–water partition coefficient (Wildman–Crippen LogP) is 2.69. The van der Waals surface area contributed by atoms with Gasteiger partial charge in [-0.05, 0) is 13.0 Å². The quantitative estimate of drug-likeness (QED) is 0.690. The van der Waals surface area contributed by atoms with Crippen LogP contribution in [0.5, 0.6) is 5.75 Å². The second kappa shape index (κ2) is 3.75. The van der Waals surface area contributed by atoms with Gasteiger partial charge in [0.2, 0.25) is 0 Å². The molecule has 1 aromatic carbocycles. The summed E-state index contributed by atoms with van der Waals surface area (Å²) >= 11 is 5.53. The highest BCUT2D eigenvalue weighted by Gasteiger charge is 2.12. The van der Waals surface area contributed by atoms with E-state index in [1.165, 1.54) is 26.2 Å². The van der Waals surface area contributed by atoms with Crippen LogP contribution in [0.3, 0.4) is 0 Å². The van der Waals surface area contributed by atoms with Crippen LogP contribution < -0.4 is 4.74 Å². The standard InChI is InChI=1S/C9H8ClFO2/c1-5(12)7-3-6(13-2)4-8(10)9(7)11/h3-4H,1-2H3. The van der Waals surface area contributed by atoms with Gasteiger partial charge in [-0.3, -0.25) is 4.79 Å². The lowest BCUT2D eigenvalue weighted by Gasteiger charge is -2.04. The molecule has 1 aromatic rings. The van der Waals surface area contributed by atoms with E-state index in [1.54, 1.807) is 0 Å². The van der Waals surface area contributed by atoms with Gasteiger partial charge in [-0.1, -0.05) is 11.6 Å². The van der Waals surface area contributed by atoms with Crippen LogP contribution in [0.1, 0.15) is 17.3 Å². The fraction of sp³-hybridized carbons (Fsp3) is 0.222. The molecule has 70 valence electrons. The Kier molecular flexibility index (Phi) is 2.88. The average Bonchev–Trinajstić information content (AvgIpc) is 2.09. The van der Waals surface area contributed by atoms with E-state index < -0.39 is 5.82 Å². The van der Waals surface area contributed by atoms with Gasteiger partial charge in [0, 0.05) is 6.07 Å². The number of Topliss-reactive ketones (excluding diaryl/α,β-unsaturated/α-hetero) is 1. The number of benzene rings is 1. The lowest BCUT2D eigenvalue weighted by Crippen LogP contribution is -1.98. The minimum absolute atomic E-state index is 0.0515. The molecule has 0 unspecified atom stereocenters. The topological polar surface area (TPSA) is 26.3 Å². The van der Waals surface area contributed by atoms with Gasteiger partial charge in [-0.2, -0.15) is 0 Å². The minimum Gasteiger partial charge on any atom is -0.497 e. The molecule has 0 saturated carbocycles. The van der Waals surface area contributed by atoms with Crippen molar-refractivity contribution in [2.24, 2.45) is 0 Å².